The number of thioether (sulfide) groups is 1. The first-order valence-corrected chi connectivity index (χ1v) is 7.80. The number of halogens is 1. The van der Waals surface area contributed by atoms with Crippen molar-refractivity contribution in [2.24, 2.45) is 0 Å². The van der Waals surface area contributed by atoms with E-state index in [0.717, 1.165) is 23.7 Å². The molecule has 1 aromatic carbocycles. The third-order valence-electron chi connectivity index (χ3n) is 2.80. The van der Waals surface area contributed by atoms with Crippen LogP contribution >= 0.6 is 23.4 Å². The van der Waals surface area contributed by atoms with E-state index in [9.17, 15) is 0 Å². The van der Waals surface area contributed by atoms with E-state index in [-0.39, 0.29) is 0 Å². The van der Waals surface area contributed by atoms with Crippen molar-refractivity contribution in [2.45, 2.75) is 24.3 Å². The molecule has 2 rings (SSSR count). The van der Waals surface area contributed by atoms with Crippen LogP contribution in [0.15, 0.2) is 52.2 Å². The monoisotopic (exact) mass is 295 g/mol. The van der Waals surface area contributed by atoms with Crippen molar-refractivity contribution in [3.8, 4) is 0 Å². The summed E-state index contributed by atoms with van der Waals surface area (Å²) in [6.45, 7) is 3.18. The van der Waals surface area contributed by atoms with Crippen LogP contribution in [0.2, 0.25) is 5.02 Å². The smallest absolute Gasteiger partial charge is 0.0950 e. The van der Waals surface area contributed by atoms with Gasteiger partial charge in [-0.1, -0.05) is 24.6 Å². The lowest BCUT2D eigenvalue weighted by atomic mass is 10.2. The Kier molecular flexibility index (Phi) is 5.83. The van der Waals surface area contributed by atoms with Crippen LogP contribution in [0.1, 0.15) is 24.9 Å². The number of benzene rings is 1. The van der Waals surface area contributed by atoms with Crippen LogP contribution in [0.5, 0.6) is 0 Å². The van der Waals surface area contributed by atoms with Crippen LogP contribution in [0.4, 0.5) is 0 Å². The van der Waals surface area contributed by atoms with Gasteiger partial charge in [0.1, 0.15) is 0 Å². The van der Waals surface area contributed by atoms with E-state index in [0.29, 0.717) is 6.04 Å². The van der Waals surface area contributed by atoms with E-state index in [4.69, 9.17) is 16.0 Å². The summed E-state index contributed by atoms with van der Waals surface area (Å²) >= 11 is 7.80. The summed E-state index contributed by atoms with van der Waals surface area (Å²) in [5.74, 6) is 0.958. The Morgan fingerprint density at radius 3 is 2.95 bits per heavy atom. The van der Waals surface area contributed by atoms with Crippen LogP contribution in [0.3, 0.4) is 0 Å². The molecule has 0 aliphatic carbocycles. The van der Waals surface area contributed by atoms with Crippen molar-refractivity contribution in [3.63, 3.8) is 0 Å². The van der Waals surface area contributed by atoms with Crippen molar-refractivity contribution in [1.29, 1.82) is 0 Å². The highest BCUT2D eigenvalue weighted by atomic mass is 35.5. The summed E-state index contributed by atoms with van der Waals surface area (Å²) in [5.41, 5.74) is 1.20. The molecule has 1 atom stereocenters. The number of rotatable bonds is 7. The second-order valence-electron chi connectivity index (χ2n) is 4.33. The summed E-state index contributed by atoms with van der Waals surface area (Å²) in [4.78, 5) is 1.19. The summed E-state index contributed by atoms with van der Waals surface area (Å²) in [6, 6.07) is 10.3. The SMILES string of the molecule is CCCNC(CSc1cccc(Cl)c1)c1ccoc1. The maximum atomic E-state index is 6.00. The molecule has 1 unspecified atom stereocenters. The highest BCUT2D eigenvalue weighted by Crippen LogP contribution is 2.26. The van der Waals surface area contributed by atoms with E-state index in [1.807, 2.05) is 30.5 Å². The lowest BCUT2D eigenvalue weighted by molar-refractivity contribution is 0.541. The third-order valence-corrected chi connectivity index (χ3v) is 4.12. The van der Waals surface area contributed by atoms with E-state index in [2.05, 4.69) is 18.3 Å². The van der Waals surface area contributed by atoms with Crippen LogP contribution in [0.25, 0.3) is 0 Å². The Bertz CT molecular complexity index is 487. The van der Waals surface area contributed by atoms with Crippen LogP contribution in [-0.4, -0.2) is 12.3 Å². The predicted molar refractivity (Wildman–Crippen MR) is 81.9 cm³/mol. The van der Waals surface area contributed by atoms with Gasteiger partial charge in [-0.2, -0.15) is 0 Å². The number of hydrogen-bond donors (Lipinski definition) is 1. The molecule has 19 heavy (non-hydrogen) atoms. The van der Waals surface area contributed by atoms with Gasteiger partial charge in [-0.3, -0.25) is 0 Å². The summed E-state index contributed by atoms with van der Waals surface area (Å²) in [6.07, 6.45) is 4.65. The standard InChI is InChI=1S/C15H18ClNOS/c1-2-7-17-15(12-6-8-18-10-12)11-19-14-5-3-4-13(16)9-14/h3-6,8-10,15,17H,2,7,11H2,1H3. The van der Waals surface area contributed by atoms with Crippen molar-refractivity contribution >= 4 is 23.4 Å². The fraction of sp³-hybridized carbons (Fsp3) is 0.333. The molecule has 0 aliphatic heterocycles. The van der Waals surface area contributed by atoms with E-state index >= 15 is 0 Å². The number of nitrogens with one attached hydrogen (secondary N) is 1. The maximum Gasteiger partial charge on any atom is 0.0950 e. The zero-order chi connectivity index (χ0) is 13.5. The van der Waals surface area contributed by atoms with Crippen LogP contribution < -0.4 is 5.32 Å². The molecular weight excluding hydrogens is 278 g/mol. The van der Waals surface area contributed by atoms with E-state index in [1.54, 1.807) is 18.0 Å². The second kappa shape index (κ2) is 7.63. The molecule has 0 aliphatic rings. The highest BCUT2D eigenvalue weighted by Gasteiger charge is 2.12. The Balaban J connectivity index is 1.96. The van der Waals surface area contributed by atoms with Gasteiger partial charge in [0, 0.05) is 27.3 Å². The van der Waals surface area contributed by atoms with Gasteiger partial charge in [-0.15, -0.1) is 11.8 Å². The maximum absolute atomic E-state index is 6.00. The Morgan fingerprint density at radius 2 is 2.26 bits per heavy atom. The van der Waals surface area contributed by atoms with Crippen LogP contribution in [-0.2, 0) is 0 Å². The molecule has 102 valence electrons. The molecule has 0 saturated heterocycles. The topological polar surface area (TPSA) is 25.2 Å². The predicted octanol–water partition coefficient (Wildman–Crippen LogP) is 4.77. The van der Waals surface area contributed by atoms with Gasteiger partial charge in [0.25, 0.3) is 0 Å². The highest BCUT2D eigenvalue weighted by molar-refractivity contribution is 7.99. The molecule has 4 heteroatoms. The minimum absolute atomic E-state index is 0.308. The molecule has 0 fully saturated rings. The zero-order valence-corrected chi connectivity index (χ0v) is 12.5. The Hall–Kier alpha value is -0.900. The fourth-order valence-corrected chi connectivity index (χ4v) is 3.11. The minimum Gasteiger partial charge on any atom is -0.472 e. The van der Waals surface area contributed by atoms with Crippen molar-refractivity contribution in [2.75, 3.05) is 12.3 Å². The van der Waals surface area contributed by atoms with Gasteiger partial charge in [-0.25, -0.2) is 0 Å². The van der Waals surface area contributed by atoms with Gasteiger partial charge in [-0.05, 0) is 37.2 Å². The first-order chi connectivity index (χ1) is 9.29. The van der Waals surface area contributed by atoms with Crippen LogP contribution in [0, 0.1) is 0 Å². The normalized spacial score (nSPS) is 12.5. The molecule has 1 heterocycles. The molecular formula is C15H18ClNOS. The van der Waals surface area contributed by atoms with E-state index < -0.39 is 0 Å². The number of furan rings is 1. The second-order valence-corrected chi connectivity index (χ2v) is 5.86. The minimum atomic E-state index is 0.308. The van der Waals surface area contributed by atoms with Crippen molar-refractivity contribution in [3.05, 3.63) is 53.4 Å². The molecule has 1 aromatic heterocycles. The quantitative estimate of drug-likeness (QED) is 0.745. The average molecular weight is 296 g/mol. The summed E-state index contributed by atoms with van der Waals surface area (Å²) < 4.78 is 5.18. The molecule has 2 nitrogen and oxygen atoms in total. The number of hydrogen-bond acceptors (Lipinski definition) is 3. The lowest BCUT2D eigenvalue weighted by Gasteiger charge is -2.16. The molecule has 0 bridgehead atoms. The molecule has 2 aromatic rings. The lowest BCUT2D eigenvalue weighted by Crippen LogP contribution is -2.23. The molecule has 0 radical (unpaired) electrons. The zero-order valence-electron chi connectivity index (χ0n) is 10.9. The molecule has 0 amide bonds. The Labute approximate surface area is 123 Å². The first kappa shape index (κ1) is 14.5. The molecule has 0 spiro atoms. The van der Waals surface area contributed by atoms with Crippen molar-refractivity contribution in [1.82, 2.24) is 5.32 Å². The fourth-order valence-electron chi connectivity index (χ4n) is 1.80. The third kappa shape index (κ3) is 4.60. The summed E-state index contributed by atoms with van der Waals surface area (Å²) in [7, 11) is 0. The molecule has 0 saturated carbocycles. The Morgan fingerprint density at radius 1 is 1.37 bits per heavy atom. The van der Waals surface area contributed by atoms with Gasteiger partial charge in [0.2, 0.25) is 0 Å². The van der Waals surface area contributed by atoms with Crippen molar-refractivity contribution < 1.29 is 4.42 Å². The average Bonchev–Trinajstić information content (AvgIpc) is 2.93. The van der Waals surface area contributed by atoms with Gasteiger partial charge in [0.15, 0.2) is 0 Å². The largest absolute Gasteiger partial charge is 0.472 e. The van der Waals surface area contributed by atoms with Gasteiger partial charge >= 0.3 is 0 Å². The molecule has 1 N–H and O–H groups in total. The van der Waals surface area contributed by atoms with E-state index in [1.165, 1.54) is 10.5 Å². The summed E-state index contributed by atoms with van der Waals surface area (Å²) in [5, 5.41) is 4.33. The first-order valence-electron chi connectivity index (χ1n) is 6.43. The van der Waals surface area contributed by atoms with Gasteiger partial charge < -0.3 is 9.73 Å². The van der Waals surface area contributed by atoms with Gasteiger partial charge in [0.05, 0.1) is 12.5 Å².